The molecule has 0 radical (unpaired) electrons. The number of benzene rings is 2. The molecule has 1 unspecified atom stereocenters. The van der Waals surface area contributed by atoms with E-state index in [2.05, 4.69) is 10.3 Å². The molecule has 1 amide bonds. The topological polar surface area (TPSA) is 56.2 Å². The van der Waals surface area contributed by atoms with Crippen LogP contribution < -0.4 is 5.32 Å². The van der Waals surface area contributed by atoms with Gasteiger partial charge in [0.15, 0.2) is 0 Å². The second-order valence-electron chi connectivity index (χ2n) is 6.67. The zero-order valence-electron chi connectivity index (χ0n) is 14.9. The maximum Gasteiger partial charge on any atom is 0.416 e. The van der Waals surface area contributed by atoms with Crippen LogP contribution in [0.3, 0.4) is 0 Å². The molecule has 0 saturated carbocycles. The first kappa shape index (κ1) is 18.5. The van der Waals surface area contributed by atoms with Gasteiger partial charge in [0.2, 0.25) is 5.91 Å². The number of fused-ring (bicyclic) bond motifs is 1. The Kier molecular flexibility index (Phi) is 4.80. The molecule has 1 N–H and O–H groups in total. The average Bonchev–Trinajstić information content (AvgIpc) is 3.29. The first-order valence-corrected chi connectivity index (χ1v) is 8.96. The molecule has 4 rings (SSSR count). The van der Waals surface area contributed by atoms with Gasteiger partial charge in [-0.15, -0.1) is 0 Å². The first-order valence-electron chi connectivity index (χ1n) is 8.96. The molecule has 1 atom stereocenters. The Hall–Kier alpha value is -2.87. The molecule has 0 spiro atoms. The smallest absolute Gasteiger partial charge is 0.370 e. The van der Waals surface area contributed by atoms with E-state index in [1.54, 1.807) is 4.57 Å². The largest absolute Gasteiger partial charge is 0.416 e. The molecule has 0 aliphatic carbocycles. The standard InChI is InChI=1S/C20H18F3N3O2/c21-20(22,23)13-5-3-6-14(11-13)24-18(27)12-26-16-8-2-1-7-15(16)25-19(26)17-9-4-10-28-17/h1-3,5-8,11,17H,4,9-10,12H2,(H,24,27). The maximum absolute atomic E-state index is 12.9. The highest BCUT2D eigenvalue weighted by atomic mass is 19.4. The highest BCUT2D eigenvalue weighted by Gasteiger charge is 2.30. The van der Waals surface area contributed by atoms with E-state index >= 15 is 0 Å². The van der Waals surface area contributed by atoms with Crippen molar-refractivity contribution in [1.82, 2.24) is 9.55 Å². The first-order chi connectivity index (χ1) is 13.4. The molecule has 2 heterocycles. The summed E-state index contributed by atoms with van der Waals surface area (Å²) < 4.78 is 46.1. The van der Waals surface area contributed by atoms with Crippen molar-refractivity contribution in [1.29, 1.82) is 0 Å². The number of para-hydroxylation sites is 2. The van der Waals surface area contributed by atoms with Gasteiger partial charge in [-0.1, -0.05) is 18.2 Å². The van der Waals surface area contributed by atoms with Gasteiger partial charge in [-0.2, -0.15) is 13.2 Å². The Morgan fingerprint density at radius 2 is 2.04 bits per heavy atom. The Labute approximate surface area is 159 Å². The van der Waals surface area contributed by atoms with Crippen LogP contribution in [0, 0.1) is 0 Å². The van der Waals surface area contributed by atoms with Crippen molar-refractivity contribution in [2.24, 2.45) is 0 Å². The Morgan fingerprint density at radius 1 is 1.21 bits per heavy atom. The number of nitrogens with zero attached hydrogens (tertiary/aromatic N) is 2. The molecular weight excluding hydrogens is 371 g/mol. The minimum atomic E-state index is -4.46. The Morgan fingerprint density at radius 3 is 2.79 bits per heavy atom. The molecule has 146 valence electrons. The number of hydrogen-bond donors (Lipinski definition) is 1. The molecule has 0 bridgehead atoms. The van der Waals surface area contributed by atoms with Crippen LogP contribution in [-0.4, -0.2) is 22.1 Å². The van der Waals surface area contributed by atoms with E-state index in [0.29, 0.717) is 12.4 Å². The number of anilines is 1. The van der Waals surface area contributed by atoms with Crippen LogP contribution in [0.5, 0.6) is 0 Å². The number of hydrogen-bond acceptors (Lipinski definition) is 3. The normalized spacial score (nSPS) is 17.2. The van der Waals surface area contributed by atoms with E-state index in [1.165, 1.54) is 12.1 Å². The second kappa shape index (κ2) is 7.27. The van der Waals surface area contributed by atoms with Crippen molar-refractivity contribution in [3.05, 3.63) is 59.9 Å². The summed E-state index contributed by atoms with van der Waals surface area (Å²) in [7, 11) is 0. The van der Waals surface area contributed by atoms with Crippen molar-refractivity contribution in [3.63, 3.8) is 0 Å². The number of carbonyl (C=O) groups is 1. The number of rotatable bonds is 4. The fourth-order valence-corrected chi connectivity index (χ4v) is 3.40. The highest BCUT2D eigenvalue weighted by molar-refractivity contribution is 5.91. The van der Waals surface area contributed by atoms with E-state index in [1.807, 2.05) is 24.3 Å². The van der Waals surface area contributed by atoms with Crippen LogP contribution in [0.25, 0.3) is 11.0 Å². The third-order valence-corrected chi connectivity index (χ3v) is 4.68. The average molecular weight is 389 g/mol. The monoisotopic (exact) mass is 389 g/mol. The predicted molar refractivity (Wildman–Crippen MR) is 97.7 cm³/mol. The summed E-state index contributed by atoms with van der Waals surface area (Å²) in [6.07, 6.45) is -2.91. The minimum absolute atomic E-state index is 0.0635. The molecule has 3 aromatic rings. The number of carbonyl (C=O) groups excluding carboxylic acids is 1. The summed E-state index contributed by atoms with van der Waals surface area (Å²) in [5.41, 5.74) is 0.827. The van der Waals surface area contributed by atoms with E-state index < -0.39 is 17.6 Å². The lowest BCUT2D eigenvalue weighted by Gasteiger charge is -2.14. The van der Waals surface area contributed by atoms with E-state index in [4.69, 9.17) is 4.74 Å². The van der Waals surface area contributed by atoms with Gasteiger partial charge in [-0.25, -0.2) is 4.98 Å². The molecule has 8 heteroatoms. The lowest BCUT2D eigenvalue weighted by atomic mass is 10.2. The van der Waals surface area contributed by atoms with Crippen LogP contribution in [0.4, 0.5) is 18.9 Å². The summed E-state index contributed by atoms with van der Waals surface area (Å²) in [4.78, 5) is 17.2. The predicted octanol–water partition coefficient (Wildman–Crippen LogP) is 4.55. The molecule has 28 heavy (non-hydrogen) atoms. The van der Waals surface area contributed by atoms with Gasteiger partial charge in [0.05, 0.1) is 16.6 Å². The maximum atomic E-state index is 12.9. The molecule has 5 nitrogen and oxygen atoms in total. The molecule has 1 aliphatic rings. The van der Waals surface area contributed by atoms with Crippen LogP contribution in [0.2, 0.25) is 0 Å². The van der Waals surface area contributed by atoms with Crippen LogP contribution in [0.1, 0.15) is 30.3 Å². The molecule has 1 fully saturated rings. The number of imidazole rings is 1. The van der Waals surface area contributed by atoms with Gasteiger partial charge in [0, 0.05) is 12.3 Å². The summed E-state index contributed by atoms with van der Waals surface area (Å²) >= 11 is 0. The van der Waals surface area contributed by atoms with Gasteiger partial charge >= 0.3 is 6.18 Å². The van der Waals surface area contributed by atoms with Gasteiger partial charge in [0.1, 0.15) is 18.5 Å². The van der Waals surface area contributed by atoms with E-state index in [0.717, 1.165) is 36.0 Å². The summed E-state index contributed by atoms with van der Waals surface area (Å²) in [6, 6.07) is 12.0. The molecular formula is C20H18F3N3O2. The zero-order chi connectivity index (χ0) is 19.7. The lowest BCUT2D eigenvalue weighted by molar-refractivity contribution is -0.137. The van der Waals surface area contributed by atoms with Crippen LogP contribution in [0.15, 0.2) is 48.5 Å². The number of amides is 1. The number of ether oxygens (including phenoxy) is 1. The zero-order valence-corrected chi connectivity index (χ0v) is 14.9. The molecule has 1 saturated heterocycles. The number of nitrogens with one attached hydrogen (secondary N) is 1. The Balaban J connectivity index is 1.59. The van der Waals surface area contributed by atoms with Gasteiger partial charge in [-0.3, -0.25) is 4.79 Å². The number of aromatic nitrogens is 2. The third kappa shape index (κ3) is 3.73. The SMILES string of the molecule is O=C(Cn1c(C2CCCO2)nc2ccccc21)Nc1cccc(C(F)(F)F)c1. The lowest BCUT2D eigenvalue weighted by Crippen LogP contribution is -2.21. The third-order valence-electron chi connectivity index (χ3n) is 4.68. The van der Waals surface area contributed by atoms with Gasteiger partial charge < -0.3 is 14.6 Å². The van der Waals surface area contributed by atoms with Crippen molar-refractivity contribution >= 4 is 22.6 Å². The van der Waals surface area contributed by atoms with Crippen molar-refractivity contribution < 1.29 is 22.7 Å². The summed E-state index contributed by atoms with van der Waals surface area (Å²) in [5.74, 6) is 0.236. The van der Waals surface area contributed by atoms with Crippen molar-refractivity contribution in [2.75, 3.05) is 11.9 Å². The van der Waals surface area contributed by atoms with Gasteiger partial charge in [-0.05, 0) is 43.2 Å². The molecule has 1 aliphatic heterocycles. The summed E-state index contributed by atoms with van der Waals surface area (Å²) in [6.45, 7) is 0.580. The fourth-order valence-electron chi connectivity index (χ4n) is 3.40. The van der Waals surface area contributed by atoms with Crippen LogP contribution in [-0.2, 0) is 22.3 Å². The fraction of sp³-hybridized carbons (Fsp3) is 0.300. The Bertz CT molecular complexity index is 1010. The summed E-state index contributed by atoms with van der Waals surface area (Å²) in [5, 5.41) is 2.55. The highest BCUT2D eigenvalue weighted by Crippen LogP contribution is 2.32. The molecule has 2 aromatic carbocycles. The quantitative estimate of drug-likeness (QED) is 0.713. The minimum Gasteiger partial charge on any atom is -0.370 e. The van der Waals surface area contributed by atoms with Crippen LogP contribution >= 0.6 is 0 Å². The van der Waals surface area contributed by atoms with Gasteiger partial charge in [0.25, 0.3) is 0 Å². The van der Waals surface area contributed by atoms with Crippen molar-refractivity contribution in [2.45, 2.75) is 31.7 Å². The van der Waals surface area contributed by atoms with E-state index in [9.17, 15) is 18.0 Å². The number of alkyl halides is 3. The van der Waals surface area contributed by atoms with E-state index in [-0.39, 0.29) is 18.3 Å². The second-order valence-corrected chi connectivity index (χ2v) is 6.67. The molecule has 1 aromatic heterocycles. The number of halogens is 3. The van der Waals surface area contributed by atoms with Crippen molar-refractivity contribution in [3.8, 4) is 0 Å².